The Labute approximate surface area is 97.2 Å². The minimum atomic E-state index is -4.37. The van der Waals surface area contributed by atoms with Crippen LogP contribution in [0, 0.1) is 0 Å². The maximum atomic E-state index is 12.4. The monoisotopic (exact) mass is 248 g/mol. The highest BCUT2D eigenvalue weighted by Gasteiger charge is 2.34. The van der Waals surface area contributed by atoms with Crippen LogP contribution in [0.5, 0.6) is 0 Å². The summed E-state index contributed by atoms with van der Waals surface area (Å²) in [6.45, 7) is 5.09. The lowest BCUT2D eigenvalue weighted by molar-refractivity contribution is -0.141. The van der Waals surface area contributed by atoms with E-state index in [4.69, 9.17) is 0 Å². The molecule has 7 heteroatoms. The summed E-state index contributed by atoms with van der Waals surface area (Å²) in [6, 6.07) is 1.40. The minimum absolute atomic E-state index is 0.321. The van der Waals surface area contributed by atoms with Crippen molar-refractivity contribution in [3.8, 4) is 0 Å². The average molecular weight is 248 g/mol. The van der Waals surface area contributed by atoms with Crippen molar-refractivity contribution in [1.82, 2.24) is 20.4 Å². The molecule has 0 amide bonds. The van der Waals surface area contributed by atoms with E-state index in [0.717, 1.165) is 25.7 Å². The Bertz CT molecular complexity index is 374. The van der Waals surface area contributed by atoms with Crippen LogP contribution in [0.4, 0.5) is 13.2 Å². The van der Waals surface area contributed by atoms with Gasteiger partial charge in [0.25, 0.3) is 0 Å². The minimum Gasteiger partial charge on any atom is -0.314 e. The highest BCUT2D eigenvalue weighted by Crippen LogP contribution is 2.27. The van der Waals surface area contributed by atoms with E-state index in [-0.39, 0.29) is 0 Å². The number of nitrogens with zero attached hydrogens (tertiary/aromatic N) is 2. The molecule has 2 rings (SSSR count). The van der Waals surface area contributed by atoms with Crippen molar-refractivity contribution in [3.05, 3.63) is 17.5 Å². The first-order chi connectivity index (χ1) is 7.97. The third-order valence-electron chi connectivity index (χ3n) is 2.93. The Morgan fingerprint density at radius 2 is 2.29 bits per heavy atom. The molecule has 0 bridgehead atoms. The average Bonchev–Trinajstić information content (AvgIpc) is 2.69. The van der Waals surface area contributed by atoms with Gasteiger partial charge in [0.2, 0.25) is 0 Å². The lowest BCUT2D eigenvalue weighted by Gasteiger charge is -2.33. The number of rotatable bonds is 2. The second-order valence-corrected chi connectivity index (χ2v) is 4.30. The molecule has 1 aliphatic rings. The summed E-state index contributed by atoms with van der Waals surface area (Å²) in [5.41, 5.74) is -0.346. The van der Waals surface area contributed by atoms with Crippen molar-refractivity contribution in [2.75, 3.05) is 19.6 Å². The number of piperazine rings is 1. The standard InChI is InChI=1S/C10H15F3N4/c1-7-5-14-2-3-17(7)6-8-4-9(16-15-8)10(11,12)13/h4,7,14H,2-3,5-6H2,1H3,(H,15,16)/t7-/m1/s1. The summed E-state index contributed by atoms with van der Waals surface area (Å²) in [7, 11) is 0. The van der Waals surface area contributed by atoms with Crippen molar-refractivity contribution >= 4 is 0 Å². The zero-order chi connectivity index (χ0) is 12.5. The molecule has 1 aromatic rings. The fourth-order valence-electron chi connectivity index (χ4n) is 1.92. The molecule has 0 aliphatic carbocycles. The summed E-state index contributed by atoms with van der Waals surface area (Å²) >= 11 is 0. The van der Waals surface area contributed by atoms with Gasteiger partial charge in [-0.3, -0.25) is 10.00 Å². The largest absolute Gasteiger partial charge is 0.435 e. The Morgan fingerprint density at radius 1 is 1.53 bits per heavy atom. The molecule has 1 fully saturated rings. The van der Waals surface area contributed by atoms with Gasteiger partial charge in [0.05, 0.1) is 0 Å². The van der Waals surface area contributed by atoms with E-state index >= 15 is 0 Å². The van der Waals surface area contributed by atoms with Crippen molar-refractivity contribution in [3.63, 3.8) is 0 Å². The second kappa shape index (κ2) is 4.66. The van der Waals surface area contributed by atoms with E-state index in [0.29, 0.717) is 18.3 Å². The molecule has 17 heavy (non-hydrogen) atoms. The summed E-state index contributed by atoms with van der Waals surface area (Å²) in [6.07, 6.45) is -4.37. The SMILES string of the molecule is C[C@@H]1CNCCN1Cc1cc(C(F)(F)F)n[nH]1. The molecular formula is C10H15F3N4. The van der Waals surface area contributed by atoms with Gasteiger partial charge >= 0.3 is 6.18 Å². The topological polar surface area (TPSA) is 44.0 Å². The molecule has 96 valence electrons. The van der Waals surface area contributed by atoms with Crippen LogP contribution in [0.3, 0.4) is 0 Å². The Morgan fingerprint density at radius 3 is 2.88 bits per heavy atom. The summed E-state index contributed by atoms with van der Waals surface area (Å²) < 4.78 is 37.1. The van der Waals surface area contributed by atoms with Crippen LogP contribution in [0.1, 0.15) is 18.3 Å². The first-order valence-electron chi connectivity index (χ1n) is 5.53. The highest BCUT2D eigenvalue weighted by atomic mass is 19.4. The third-order valence-corrected chi connectivity index (χ3v) is 2.93. The molecule has 0 saturated carbocycles. The number of aromatic nitrogens is 2. The maximum absolute atomic E-state index is 12.4. The molecule has 2 N–H and O–H groups in total. The molecule has 0 unspecified atom stereocenters. The van der Waals surface area contributed by atoms with E-state index in [1.54, 1.807) is 0 Å². The fourth-order valence-corrected chi connectivity index (χ4v) is 1.92. The van der Waals surface area contributed by atoms with Gasteiger partial charge in [0, 0.05) is 37.9 Å². The van der Waals surface area contributed by atoms with Gasteiger partial charge in [-0.25, -0.2) is 0 Å². The molecule has 4 nitrogen and oxygen atoms in total. The molecular weight excluding hydrogens is 233 g/mol. The van der Waals surface area contributed by atoms with Crippen LogP contribution in [-0.4, -0.2) is 40.8 Å². The van der Waals surface area contributed by atoms with Gasteiger partial charge in [-0.15, -0.1) is 0 Å². The van der Waals surface area contributed by atoms with Crippen LogP contribution in [0.15, 0.2) is 6.07 Å². The van der Waals surface area contributed by atoms with Gasteiger partial charge in [-0.05, 0) is 13.0 Å². The summed E-state index contributed by atoms with van der Waals surface area (Å²) in [5.74, 6) is 0. The van der Waals surface area contributed by atoms with Gasteiger partial charge in [-0.1, -0.05) is 0 Å². The normalized spacial score (nSPS) is 22.9. The molecule has 1 saturated heterocycles. The van der Waals surface area contributed by atoms with Crippen LogP contribution < -0.4 is 5.32 Å². The van der Waals surface area contributed by atoms with Gasteiger partial charge in [0.1, 0.15) is 0 Å². The Hall–Kier alpha value is -1.08. The Kier molecular flexibility index (Phi) is 3.39. The molecule has 1 aliphatic heterocycles. The number of nitrogens with one attached hydrogen (secondary N) is 2. The number of halogens is 3. The maximum Gasteiger partial charge on any atom is 0.435 e. The number of H-pyrrole nitrogens is 1. The molecule has 0 aromatic carbocycles. The van der Waals surface area contributed by atoms with Crippen LogP contribution in [-0.2, 0) is 12.7 Å². The van der Waals surface area contributed by atoms with Gasteiger partial charge in [-0.2, -0.15) is 18.3 Å². The van der Waals surface area contributed by atoms with Crippen molar-refractivity contribution in [2.24, 2.45) is 0 Å². The predicted molar refractivity (Wildman–Crippen MR) is 56.3 cm³/mol. The van der Waals surface area contributed by atoms with Crippen molar-refractivity contribution < 1.29 is 13.2 Å². The molecule has 1 atom stereocenters. The van der Waals surface area contributed by atoms with E-state index in [1.165, 1.54) is 0 Å². The van der Waals surface area contributed by atoms with Crippen LogP contribution >= 0.6 is 0 Å². The number of alkyl halides is 3. The van der Waals surface area contributed by atoms with Gasteiger partial charge < -0.3 is 5.32 Å². The van der Waals surface area contributed by atoms with Crippen LogP contribution in [0.2, 0.25) is 0 Å². The smallest absolute Gasteiger partial charge is 0.314 e. The van der Waals surface area contributed by atoms with Crippen LogP contribution in [0.25, 0.3) is 0 Å². The quantitative estimate of drug-likeness (QED) is 0.827. The first-order valence-corrected chi connectivity index (χ1v) is 5.53. The first kappa shape index (κ1) is 12.4. The number of hydrogen-bond acceptors (Lipinski definition) is 3. The fraction of sp³-hybridized carbons (Fsp3) is 0.700. The van der Waals surface area contributed by atoms with Crippen molar-refractivity contribution in [1.29, 1.82) is 0 Å². The lowest BCUT2D eigenvalue weighted by Crippen LogP contribution is -2.49. The summed E-state index contributed by atoms with van der Waals surface area (Å²) in [4.78, 5) is 2.13. The van der Waals surface area contributed by atoms with E-state index in [2.05, 4.69) is 20.4 Å². The zero-order valence-corrected chi connectivity index (χ0v) is 9.51. The number of hydrogen-bond donors (Lipinski definition) is 2. The van der Waals surface area contributed by atoms with Gasteiger partial charge in [0.15, 0.2) is 5.69 Å². The molecule has 2 heterocycles. The molecule has 0 radical (unpaired) electrons. The van der Waals surface area contributed by atoms with E-state index in [1.807, 2.05) is 6.92 Å². The van der Waals surface area contributed by atoms with E-state index < -0.39 is 11.9 Å². The lowest BCUT2D eigenvalue weighted by atomic mass is 10.2. The predicted octanol–water partition coefficient (Wildman–Crippen LogP) is 1.22. The number of aromatic amines is 1. The second-order valence-electron chi connectivity index (χ2n) is 4.30. The molecule has 0 spiro atoms. The third kappa shape index (κ3) is 2.98. The Balaban J connectivity index is 2.01. The zero-order valence-electron chi connectivity index (χ0n) is 9.51. The van der Waals surface area contributed by atoms with E-state index in [9.17, 15) is 13.2 Å². The molecule has 1 aromatic heterocycles. The summed E-state index contributed by atoms with van der Waals surface area (Å²) in [5, 5.41) is 8.97. The van der Waals surface area contributed by atoms with Crippen molar-refractivity contribution in [2.45, 2.75) is 25.7 Å². The highest BCUT2D eigenvalue weighted by molar-refractivity contribution is 5.11.